The second-order valence-electron chi connectivity index (χ2n) is 4.53. The van der Waals surface area contributed by atoms with E-state index < -0.39 is 18.1 Å². The Labute approximate surface area is 109 Å². The van der Waals surface area contributed by atoms with E-state index in [9.17, 15) is 14.4 Å². The van der Waals surface area contributed by atoms with Gasteiger partial charge in [-0.3, -0.25) is 9.59 Å². The molecule has 1 N–H and O–H groups in total. The second kappa shape index (κ2) is 5.17. The van der Waals surface area contributed by atoms with Gasteiger partial charge in [0.1, 0.15) is 12.1 Å². The number of nitrogens with zero attached hydrogens (tertiary/aromatic N) is 2. The third-order valence-electron chi connectivity index (χ3n) is 3.39. The van der Waals surface area contributed by atoms with Crippen LogP contribution in [0.25, 0.3) is 0 Å². The monoisotopic (exact) mass is 272 g/mol. The molecule has 0 unspecified atom stereocenters. The molecule has 2 atom stereocenters. The van der Waals surface area contributed by atoms with Crippen molar-refractivity contribution < 1.29 is 19.5 Å². The number of carboxylic acid groups (broad SMARTS) is 1. The molecule has 0 aromatic heterocycles. The molecule has 6 nitrogen and oxygen atoms in total. The van der Waals surface area contributed by atoms with E-state index in [1.54, 1.807) is 0 Å². The summed E-state index contributed by atoms with van der Waals surface area (Å²) >= 11 is 1.53. The van der Waals surface area contributed by atoms with Gasteiger partial charge in [0.15, 0.2) is 0 Å². The molecule has 0 aromatic rings. The Morgan fingerprint density at radius 1 is 1.22 bits per heavy atom. The molecular weight excluding hydrogens is 256 g/mol. The standard InChI is InChI=1S/C11H16N2O4S/c1-7(14)13-6-18-5-9(13)10(15)12-4-2-3-8(12)11(16)17/h8-9H,2-6H2,1H3,(H,16,17)/t8-,9+/m1/s1. The van der Waals surface area contributed by atoms with E-state index in [0.717, 1.165) is 0 Å². The Kier molecular flexibility index (Phi) is 3.79. The van der Waals surface area contributed by atoms with Gasteiger partial charge in [0.2, 0.25) is 11.8 Å². The number of carboxylic acids is 1. The number of rotatable bonds is 2. The SMILES string of the molecule is CC(=O)N1CSC[C@H]1C(=O)N1CCC[C@@H]1C(=O)O. The van der Waals surface area contributed by atoms with Crippen molar-refractivity contribution in [3.8, 4) is 0 Å². The summed E-state index contributed by atoms with van der Waals surface area (Å²) in [5.41, 5.74) is 0. The number of carbonyl (C=O) groups excluding carboxylic acids is 2. The summed E-state index contributed by atoms with van der Waals surface area (Å²) in [4.78, 5) is 37.7. The van der Waals surface area contributed by atoms with E-state index in [4.69, 9.17) is 5.11 Å². The summed E-state index contributed by atoms with van der Waals surface area (Å²) in [6.07, 6.45) is 1.21. The molecule has 0 aliphatic carbocycles. The largest absolute Gasteiger partial charge is 0.480 e. The van der Waals surface area contributed by atoms with E-state index in [0.29, 0.717) is 31.0 Å². The van der Waals surface area contributed by atoms with Crippen molar-refractivity contribution in [3.63, 3.8) is 0 Å². The van der Waals surface area contributed by atoms with Crippen LogP contribution >= 0.6 is 11.8 Å². The Morgan fingerprint density at radius 3 is 2.56 bits per heavy atom. The average Bonchev–Trinajstić information content (AvgIpc) is 2.97. The molecule has 2 fully saturated rings. The van der Waals surface area contributed by atoms with E-state index in [1.165, 1.54) is 28.5 Å². The van der Waals surface area contributed by atoms with Crippen molar-refractivity contribution in [2.24, 2.45) is 0 Å². The molecule has 2 saturated heterocycles. The van der Waals surface area contributed by atoms with Gasteiger partial charge in [0.25, 0.3) is 0 Å². The molecule has 7 heteroatoms. The highest BCUT2D eigenvalue weighted by atomic mass is 32.2. The van der Waals surface area contributed by atoms with Crippen LogP contribution in [-0.4, -0.2) is 62.9 Å². The fraction of sp³-hybridized carbons (Fsp3) is 0.727. The van der Waals surface area contributed by atoms with Crippen molar-refractivity contribution >= 4 is 29.5 Å². The minimum Gasteiger partial charge on any atom is -0.480 e. The number of amides is 2. The lowest BCUT2D eigenvalue weighted by Crippen LogP contribution is -2.51. The minimum atomic E-state index is -0.958. The van der Waals surface area contributed by atoms with E-state index in [-0.39, 0.29) is 11.8 Å². The first kappa shape index (κ1) is 13.2. The summed E-state index contributed by atoms with van der Waals surface area (Å²) in [5, 5.41) is 9.07. The van der Waals surface area contributed by atoms with Crippen LogP contribution in [0.1, 0.15) is 19.8 Å². The van der Waals surface area contributed by atoms with Crippen LogP contribution in [0.4, 0.5) is 0 Å². The molecule has 2 heterocycles. The maximum Gasteiger partial charge on any atom is 0.326 e. The molecule has 100 valence electrons. The highest BCUT2D eigenvalue weighted by molar-refractivity contribution is 7.99. The van der Waals surface area contributed by atoms with Gasteiger partial charge in [-0.15, -0.1) is 11.8 Å². The third kappa shape index (κ3) is 2.31. The van der Waals surface area contributed by atoms with Crippen molar-refractivity contribution in [2.75, 3.05) is 18.2 Å². The maximum absolute atomic E-state index is 12.3. The first-order chi connectivity index (χ1) is 8.52. The maximum atomic E-state index is 12.3. The number of thioether (sulfide) groups is 1. The highest BCUT2D eigenvalue weighted by Gasteiger charge is 2.41. The fourth-order valence-electron chi connectivity index (χ4n) is 2.44. The normalized spacial score (nSPS) is 27.6. The fourth-order valence-corrected chi connectivity index (χ4v) is 3.65. The molecule has 0 spiro atoms. The van der Waals surface area contributed by atoms with Gasteiger partial charge in [-0.2, -0.15) is 0 Å². The average molecular weight is 272 g/mol. The Balaban J connectivity index is 2.11. The lowest BCUT2D eigenvalue weighted by Gasteiger charge is -2.28. The predicted molar refractivity (Wildman–Crippen MR) is 66.0 cm³/mol. The van der Waals surface area contributed by atoms with Crippen molar-refractivity contribution in [1.29, 1.82) is 0 Å². The molecule has 2 aliphatic heterocycles. The van der Waals surface area contributed by atoms with Crippen LogP contribution < -0.4 is 0 Å². The Hall–Kier alpha value is -1.24. The summed E-state index contributed by atoms with van der Waals surface area (Å²) in [7, 11) is 0. The summed E-state index contributed by atoms with van der Waals surface area (Å²) in [6.45, 7) is 1.91. The molecule has 0 saturated carbocycles. The predicted octanol–water partition coefficient (Wildman–Crippen LogP) is -0.0166. The highest BCUT2D eigenvalue weighted by Crippen LogP contribution is 2.26. The minimum absolute atomic E-state index is 0.135. The summed E-state index contributed by atoms with van der Waals surface area (Å²) < 4.78 is 0. The van der Waals surface area contributed by atoms with Gasteiger partial charge >= 0.3 is 5.97 Å². The number of hydrogen-bond donors (Lipinski definition) is 1. The van der Waals surface area contributed by atoms with Gasteiger partial charge in [-0.1, -0.05) is 0 Å². The Morgan fingerprint density at radius 2 is 1.94 bits per heavy atom. The molecule has 2 aliphatic rings. The van der Waals surface area contributed by atoms with Gasteiger partial charge in [-0.05, 0) is 12.8 Å². The van der Waals surface area contributed by atoms with Gasteiger partial charge in [0, 0.05) is 19.2 Å². The number of carbonyl (C=O) groups is 3. The van der Waals surface area contributed by atoms with Crippen molar-refractivity contribution in [2.45, 2.75) is 31.8 Å². The van der Waals surface area contributed by atoms with Gasteiger partial charge in [0.05, 0.1) is 5.88 Å². The summed E-state index contributed by atoms with van der Waals surface area (Å²) in [6, 6.07) is -1.22. The molecule has 2 rings (SSSR count). The number of likely N-dealkylation sites (tertiary alicyclic amines) is 1. The van der Waals surface area contributed by atoms with Crippen LogP contribution in [0, 0.1) is 0 Å². The first-order valence-corrected chi connectivity index (χ1v) is 7.06. The smallest absolute Gasteiger partial charge is 0.326 e. The van der Waals surface area contributed by atoms with Gasteiger partial charge < -0.3 is 14.9 Å². The third-order valence-corrected chi connectivity index (χ3v) is 4.40. The van der Waals surface area contributed by atoms with E-state index in [2.05, 4.69) is 0 Å². The van der Waals surface area contributed by atoms with Crippen LogP contribution in [0.2, 0.25) is 0 Å². The van der Waals surface area contributed by atoms with Crippen LogP contribution in [0.3, 0.4) is 0 Å². The van der Waals surface area contributed by atoms with Gasteiger partial charge in [-0.25, -0.2) is 4.79 Å². The van der Waals surface area contributed by atoms with Crippen LogP contribution in [0.5, 0.6) is 0 Å². The van der Waals surface area contributed by atoms with Crippen LogP contribution in [-0.2, 0) is 14.4 Å². The zero-order valence-electron chi connectivity index (χ0n) is 10.2. The zero-order chi connectivity index (χ0) is 13.3. The molecule has 2 amide bonds. The second-order valence-corrected chi connectivity index (χ2v) is 5.53. The zero-order valence-corrected chi connectivity index (χ0v) is 11.0. The molecule has 0 aromatic carbocycles. The van der Waals surface area contributed by atoms with E-state index >= 15 is 0 Å². The molecule has 0 bridgehead atoms. The van der Waals surface area contributed by atoms with Crippen molar-refractivity contribution in [1.82, 2.24) is 9.80 Å². The van der Waals surface area contributed by atoms with E-state index in [1.807, 2.05) is 0 Å². The number of hydrogen-bond acceptors (Lipinski definition) is 4. The topological polar surface area (TPSA) is 77.9 Å². The number of aliphatic carboxylic acids is 1. The Bertz CT molecular complexity index is 353. The lowest BCUT2D eigenvalue weighted by molar-refractivity contribution is -0.151. The van der Waals surface area contributed by atoms with Crippen LogP contribution in [0.15, 0.2) is 0 Å². The lowest BCUT2D eigenvalue weighted by atomic mass is 10.2. The van der Waals surface area contributed by atoms with Crippen molar-refractivity contribution in [3.05, 3.63) is 0 Å². The molecule has 0 radical (unpaired) electrons. The molecular formula is C11H16N2O4S. The quantitative estimate of drug-likeness (QED) is 0.764. The molecule has 18 heavy (non-hydrogen) atoms. The first-order valence-electron chi connectivity index (χ1n) is 5.90. The summed E-state index contributed by atoms with van der Waals surface area (Å²) in [5.74, 6) is -0.246.